The molecule has 0 amide bonds. The van der Waals surface area contributed by atoms with E-state index in [1.165, 1.54) is 43.4 Å². The molecule has 0 bridgehead atoms. The van der Waals surface area contributed by atoms with E-state index in [4.69, 9.17) is 0 Å². The van der Waals surface area contributed by atoms with Crippen molar-refractivity contribution in [3.63, 3.8) is 0 Å². The molecule has 0 saturated carbocycles. The van der Waals surface area contributed by atoms with Gasteiger partial charge in [-0.3, -0.25) is 5.32 Å². The zero-order valence-corrected chi connectivity index (χ0v) is 24.2. The van der Waals surface area contributed by atoms with Gasteiger partial charge in [0.05, 0.1) is 0 Å². The van der Waals surface area contributed by atoms with Gasteiger partial charge in [0.15, 0.2) is 0 Å². The van der Waals surface area contributed by atoms with Crippen molar-refractivity contribution >= 4 is 36.4 Å². The number of hydrogen-bond acceptors (Lipinski definition) is 4. The predicted molar refractivity (Wildman–Crippen MR) is 176 cm³/mol. The molecule has 7 rings (SSSR count). The predicted octanol–water partition coefficient (Wildman–Crippen LogP) is 6.17. The van der Waals surface area contributed by atoms with Crippen molar-refractivity contribution in [2.75, 3.05) is 5.32 Å². The molecule has 0 aliphatic carbocycles. The maximum Gasteiger partial charge on any atom is 0.149 e. The summed E-state index contributed by atoms with van der Waals surface area (Å²) in [5, 5.41) is 15.1. The average molecular weight is 561 g/mol. The third kappa shape index (κ3) is 5.91. The third-order valence-corrected chi connectivity index (χ3v) is 8.87. The standard InChI is InChI=1S/C37H32N4Si/c1-4-13-27(14-5-1)26-38-37(41-36(40-41)30-18-12-21-32(25-30)42-31-19-8-3-9-20-31)39-34-24-23-28-15-10-11-22-33(28)35(34)29-16-6-2-7-17-29/h1-25,36-40H,26H2. The van der Waals surface area contributed by atoms with E-state index < -0.39 is 0 Å². The summed E-state index contributed by atoms with van der Waals surface area (Å²) in [4.78, 5) is 0. The quantitative estimate of drug-likeness (QED) is 0.107. The van der Waals surface area contributed by atoms with Gasteiger partial charge in [0.25, 0.3) is 0 Å². The van der Waals surface area contributed by atoms with E-state index in [-0.39, 0.29) is 12.5 Å². The molecule has 1 heterocycles. The van der Waals surface area contributed by atoms with Crippen LogP contribution in [0.1, 0.15) is 17.3 Å². The summed E-state index contributed by atoms with van der Waals surface area (Å²) in [5.74, 6) is 0. The Morgan fingerprint density at radius 3 is 2.17 bits per heavy atom. The van der Waals surface area contributed by atoms with Gasteiger partial charge in [-0.1, -0.05) is 156 Å². The molecular weight excluding hydrogens is 529 g/mol. The molecule has 3 N–H and O–H groups in total. The van der Waals surface area contributed by atoms with Crippen LogP contribution >= 0.6 is 0 Å². The number of benzene rings is 6. The number of rotatable bonds is 10. The second kappa shape index (κ2) is 12.1. The van der Waals surface area contributed by atoms with Crippen LogP contribution in [0.2, 0.25) is 0 Å². The van der Waals surface area contributed by atoms with Crippen molar-refractivity contribution in [1.29, 1.82) is 0 Å². The zero-order valence-electron chi connectivity index (χ0n) is 23.2. The Labute approximate surface area is 249 Å². The summed E-state index contributed by atoms with van der Waals surface area (Å²) in [6.07, 6.45) is -0.0222. The summed E-state index contributed by atoms with van der Waals surface area (Å²) >= 11 is 0. The molecule has 6 aromatic carbocycles. The first kappa shape index (κ1) is 26.4. The Morgan fingerprint density at radius 2 is 1.36 bits per heavy atom. The highest BCUT2D eigenvalue weighted by atomic mass is 28.2. The molecule has 4 nitrogen and oxygen atoms in total. The van der Waals surface area contributed by atoms with E-state index in [1.54, 1.807) is 0 Å². The fourth-order valence-corrected chi connectivity index (χ4v) is 6.64. The number of nitrogens with zero attached hydrogens (tertiary/aromatic N) is 1. The molecule has 1 fully saturated rings. The van der Waals surface area contributed by atoms with Gasteiger partial charge in [-0.25, -0.2) is 5.43 Å². The highest BCUT2D eigenvalue weighted by molar-refractivity contribution is 6.67. The number of nitrogens with one attached hydrogen (secondary N) is 3. The van der Waals surface area contributed by atoms with Gasteiger partial charge in [0.1, 0.15) is 22.0 Å². The number of fused-ring (bicyclic) bond motifs is 1. The van der Waals surface area contributed by atoms with Gasteiger partial charge in [-0.2, -0.15) is 5.01 Å². The van der Waals surface area contributed by atoms with Crippen LogP contribution in [0, 0.1) is 0 Å². The van der Waals surface area contributed by atoms with Crippen LogP contribution in [-0.4, -0.2) is 20.8 Å². The Bertz CT molecular complexity index is 1780. The lowest BCUT2D eigenvalue weighted by Gasteiger charge is -2.25. The van der Waals surface area contributed by atoms with E-state index in [2.05, 4.69) is 173 Å². The summed E-state index contributed by atoms with van der Waals surface area (Å²) in [6.45, 7) is 0.743. The second-order valence-corrected chi connectivity index (χ2v) is 11.9. The molecule has 1 aliphatic rings. The lowest BCUT2D eigenvalue weighted by Crippen LogP contribution is -2.43. The lowest BCUT2D eigenvalue weighted by atomic mass is 9.96. The fourth-order valence-electron chi connectivity index (χ4n) is 5.53. The molecule has 5 heteroatoms. The topological polar surface area (TPSA) is 49.0 Å². The van der Waals surface area contributed by atoms with Crippen LogP contribution < -0.4 is 26.4 Å². The van der Waals surface area contributed by atoms with Crippen LogP contribution in [-0.2, 0) is 6.54 Å². The van der Waals surface area contributed by atoms with Crippen molar-refractivity contribution in [2.45, 2.75) is 19.0 Å². The highest BCUT2D eigenvalue weighted by Crippen LogP contribution is 2.37. The summed E-state index contributed by atoms with van der Waals surface area (Å²) in [5.41, 5.74) is 9.66. The number of hydrogen-bond donors (Lipinski definition) is 3. The minimum atomic E-state index is -0.140. The van der Waals surface area contributed by atoms with Crippen LogP contribution in [0.5, 0.6) is 0 Å². The van der Waals surface area contributed by atoms with E-state index in [0.29, 0.717) is 9.52 Å². The van der Waals surface area contributed by atoms with Gasteiger partial charge < -0.3 is 5.32 Å². The van der Waals surface area contributed by atoms with Gasteiger partial charge in [0.2, 0.25) is 0 Å². The van der Waals surface area contributed by atoms with Crippen molar-refractivity contribution in [1.82, 2.24) is 15.8 Å². The Kier molecular flexibility index (Phi) is 7.63. The van der Waals surface area contributed by atoms with Gasteiger partial charge >= 0.3 is 0 Å². The van der Waals surface area contributed by atoms with E-state index in [0.717, 1.165) is 12.2 Å². The molecule has 204 valence electrons. The van der Waals surface area contributed by atoms with E-state index in [9.17, 15) is 0 Å². The first-order valence-electron chi connectivity index (χ1n) is 14.4. The van der Waals surface area contributed by atoms with Gasteiger partial charge in [-0.05, 0) is 33.5 Å². The molecular formula is C37H32N4Si. The van der Waals surface area contributed by atoms with Crippen LogP contribution in [0.3, 0.4) is 0 Å². The zero-order chi connectivity index (χ0) is 28.1. The van der Waals surface area contributed by atoms with Crippen LogP contribution in [0.25, 0.3) is 21.9 Å². The van der Waals surface area contributed by atoms with Crippen LogP contribution in [0.4, 0.5) is 5.69 Å². The highest BCUT2D eigenvalue weighted by Gasteiger charge is 2.41. The molecule has 0 spiro atoms. The molecule has 1 aliphatic heterocycles. The third-order valence-electron chi connectivity index (χ3n) is 7.65. The maximum absolute atomic E-state index is 3.88. The van der Waals surface area contributed by atoms with E-state index >= 15 is 0 Å². The summed E-state index contributed by atoms with van der Waals surface area (Å²) in [7, 11) is 0.635. The number of hydrazine groups is 1. The molecule has 3 atom stereocenters. The first-order chi connectivity index (χ1) is 20.8. The fraction of sp³-hybridized carbons (Fsp3) is 0.0811. The molecule has 3 unspecified atom stereocenters. The molecule has 6 aromatic rings. The van der Waals surface area contributed by atoms with Crippen molar-refractivity contribution in [2.24, 2.45) is 0 Å². The van der Waals surface area contributed by atoms with Crippen LogP contribution in [0.15, 0.2) is 152 Å². The monoisotopic (exact) mass is 560 g/mol. The Morgan fingerprint density at radius 1 is 0.667 bits per heavy atom. The van der Waals surface area contributed by atoms with Gasteiger partial charge in [-0.15, -0.1) is 0 Å². The van der Waals surface area contributed by atoms with Gasteiger partial charge in [0, 0.05) is 17.8 Å². The minimum Gasteiger partial charge on any atom is -0.356 e. The average Bonchev–Trinajstić information content (AvgIpc) is 3.85. The minimum absolute atomic E-state index is 0.118. The van der Waals surface area contributed by atoms with Crippen molar-refractivity contribution < 1.29 is 0 Å². The molecule has 42 heavy (non-hydrogen) atoms. The SMILES string of the molecule is c1ccc(CNC(Nc2ccc3ccccc3c2-c2ccccc2)N2NC2c2cccc([Si]c3ccccc3)c2)cc1. The smallest absolute Gasteiger partial charge is 0.149 e. The van der Waals surface area contributed by atoms with Crippen molar-refractivity contribution in [3.8, 4) is 11.1 Å². The summed E-state index contributed by atoms with van der Waals surface area (Å²) < 4.78 is 0. The molecule has 1 saturated heterocycles. The first-order valence-corrected chi connectivity index (χ1v) is 15.4. The largest absolute Gasteiger partial charge is 0.356 e. The second-order valence-electron chi connectivity index (χ2n) is 10.5. The summed E-state index contributed by atoms with van der Waals surface area (Å²) in [6, 6.07) is 53.9. The normalized spacial score (nSPS) is 16.7. The van der Waals surface area contributed by atoms with Crippen molar-refractivity contribution in [3.05, 3.63) is 163 Å². The molecule has 2 radical (unpaired) electrons. The Hall–Kier alpha value is -4.52. The Balaban J connectivity index is 1.19. The molecule has 0 aromatic heterocycles. The maximum atomic E-state index is 3.88. The lowest BCUT2D eigenvalue weighted by molar-refractivity contribution is 0.322. The van der Waals surface area contributed by atoms with E-state index in [1.807, 2.05) is 0 Å². The number of anilines is 1.